The van der Waals surface area contributed by atoms with Gasteiger partial charge in [-0.05, 0) is 49.9 Å². The van der Waals surface area contributed by atoms with Crippen LogP contribution >= 0.6 is 11.8 Å². The zero-order chi connectivity index (χ0) is 17.3. The molecule has 0 unspecified atom stereocenters. The number of imide groups is 1. The maximum Gasteiger partial charge on any atom is 0.321 e. The molecule has 1 aromatic carbocycles. The Morgan fingerprint density at radius 1 is 1.17 bits per heavy atom. The Bertz CT molecular complexity index is 668. The van der Waals surface area contributed by atoms with Gasteiger partial charge in [-0.2, -0.15) is 0 Å². The summed E-state index contributed by atoms with van der Waals surface area (Å²) in [5.41, 5.74) is 3.10. The zero-order valence-corrected chi connectivity index (χ0v) is 14.7. The van der Waals surface area contributed by atoms with Crippen LogP contribution in [0.2, 0.25) is 0 Å². The molecule has 0 radical (unpaired) electrons. The number of carbonyl (C=O) groups excluding carboxylic acids is 3. The van der Waals surface area contributed by atoms with Crippen molar-refractivity contribution in [1.82, 2.24) is 9.80 Å². The van der Waals surface area contributed by atoms with Crippen LogP contribution in [0.5, 0.6) is 0 Å². The van der Waals surface area contributed by atoms with Gasteiger partial charge in [0.15, 0.2) is 0 Å². The van der Waals surface area contributed by atoms with Crippen molar-refractivity contribution in [2.75, 3.05) is 24.2 Å². The number of urea groups is 1. The summed E-state index contributed by atoms with van der Waals surface area (Å²) < 4.78 is 0. The van der Waals surface area contributed by atoms with E-state index in [1.807, 2.05) is 32.0 Å². The first-order chi connectivity index (χ1) is 11.5. The van der Waals surface area contributed by atoms with Crippen LogP contribution in [0.15, 0.2) is 18.2 Å². The molecule has 1 N–H and O–H groups in total. The van der Waals surface area contributed by atoms with Gasteiger partial charge in [0.1, 0.15) is 0 Å². The van der Waals surface area contributed by atoms with E-state index >= 15 is 0 Å². The topological polar surface area (TPSA) is 69.7 Å². The van der Waals surface area contributed by atoms with Gasteiger partial charge in [0.2, 0.25) is 5.91 Å². The molecule has 0 saturated carbocycles. The number of carbonyl (C=O) groups is 3. The number of nitrogens with zero attached hydrogens (tertiary/aromatic N) is 2. The Morgan fingerprint density at radius 2 is 1.88 bits per heavy atom. The lowest BCUT2D eigenvalue weighted by atomic mass is 10.0. The van der Waals surface area contributed by atoms with Crippen LogP contribution in [0.4, 0.5) is 15.3 Å². The van der Waals surface area contributed by atoms with Gasteiger partial charge < -0.3 is 10.2 Å². The molecule has 2 aliphatic heterocycles. The first-order valence-corrected chi connectivity index (χ1v) is 9.06. The summed E-state index contributed by atoms with van der Waals surface area (Å²) in [6.07, 6.45) is 1.27. The summed E-state index contributed by atoms with van der Waals surface area (Å²) in [5.74, 6) is 0.134. The highest BCUT2D eigenvalue weighted by Gasteiger charge is 2.37. The van der Waals surface area contributed by atoms with Crippen LogP contribution in [-0.2, 0) is 4.79 Å². The summed E-state index contributed by atoms with van der Waals surface area (Å²) in [6, 6.07) is 5.63. The Labute approximate surface area is 145 Å². The highest BCUT2D eigenvalue weighted by molar-refractivity contribution is 8.14. The van der Waals surface area contributed by atoms with E-state index in [-0.39, 0.29) is 29.0 Å². The fourth-order valence-corrected chi connectivity index (χ4v) is 3.84. The van der Waals surface area contributed by atoms with Crippen molar-refractivity contribution in [3.63, 3.8) is 0 Å². The Hall–Kier alpha value is -2.02. The van der Waals surface area contributed by atoms with Crippen LogP contribution in [0, 0.1) is 13.8 Å². The molecule has 0 aromatic heterocycles. The highest BCUT2D eigenvalue weighted by Crippen LogP contribution is 2.27. The number of amides is 4. The Morgan fingerprint density at radius 3 is 2.46 bits per heavy atom. The monoisotopic (exact) mass is 347 g/mol. The second-order valence-electron chi connectivity index (χ2n) is 6.27. The van der Waals surface area contributed by atoms with E-state index in [2.05, 4.69) is 5.32 Å². The fraction of sp³-hybridized carbons (Fsp3) is 0.471. The van der Waals surface area contributed by atoms with Gasteiger partial charge in [-0.25, -0.2) is 4.79 Å². The van der Waals surface area contributed by atoms with E-state index in [1.54, 1.807) is 4.90 Å². The fourth-order valence-electron chi connectivity index (χ4n) is 3.07. The number of nitrogens with one attached hydrogen (secondary N) is 1. The van der Waals surface area contributed by atoms with Gasteiger partial charge in [0.05, 0.1) is 5.75 Å². The molecule has 1 aromatic rings. The number of thioether (sulfide) groups is 1. The van der Waals surface area contributed by atoms with Crippen LogP contribution < -0.4 is 5.32 Å². The predicted molar refractivity (Wildman–Crippen MR) is 94.2 cm³/mol. The lowest BCUT2D eigenvalue weighted by Gasteiger charge is -2.35. The normalized spacial score (nSPS) is 19.1. The second-order valence-corrected chi connectivity index (χ2v) is 7.19. The third kappa shape index (κ3) is 3.40. The first kappa shape index (κ1) is 16.8. The molecular weight excluding hydrogens is 326 g/mol. The van der Waals surface area contributed by atoms with Crippen molar-refractivity contribution >= 4 is 34.6 Å². The predicted octanol–water partition coefficient (Wildman–Crippen LogP) is 3.00. The minimum atomic E-state index is -0.155. The third-order valence-corrected chi connectivity index (χ3v) is 5.49. The van der Waals surface area contributed by atoms with E-state index in [4.69, 9.17) is 0 Å². The minimum absolute atomic E-state index is 0.0781. The van der Waals surface area contributed by atoms with Gasteiger partial charge in [0.25, 0.3) is 5.24 Å². The Balaban J connectivity index is 1.56. The first-order valence-electron chi connectivity index (χ1n) is 8.07. The van der Waals surface area contributed by atoms with E-state index in [9.17, 15) is 14.4 Å². The lowest BCUT2D eigenvalue weighted by molar-refractivity contribution is -0.126. The van der Waals surface area contributed by atoms with Crippen LogP contribution in [-0.4, -0.2) is 51.9 Å². The lowest BCUT2D eigenvalue weighted by Crippen LogP contribution is -2.49. The molecule has 0 atom stereocenters. The summed E-state index contributed by atoms with van der Waals surface area (Å²) >= 11 is 1.06. The smallest absolute Gasteiger partial charge is 0.321 e. The third-order valence-electron chi connectivity index (χ3n) is 4.66. The van der Waals surface area contributed by atoms with Crippen molar-refractivity contribution in [3.05, 3.63) is 29.3 Å². The van der Waals surface area contributed by atoms with Gasteiger partial charge >= 0.3 is 6.03 Å². The summed E-state index contributed by atoms with van der Waals surface area (Å²) in [4.78, 5) is 39.1. The number of benzene rings is 1. The number of hydrogen-bond acceptors (Lipinski definition) is 4. The van der Waals surface area contributed by atoms with Crippen molar-refractivity contribution in [2.45, 2.75) is 32.7 Å². The van der Waals surface area contributed by atoms with E-state index < -0.39 is 0 Å². The van der Waals surface area contributed by atoms with Crippen LogP contribution in [0.25, 0.3) is 0 Å². The Kier molecular flexibility index (Phi) is 4.80. The molecule has 3 rings (SSSR count). The van der Waals surface area contributed by atoms with Gasteiger partial charge in [-0.3, -0.25) is 14.5 Å². The van der Waals surface area contributed by atoms with Crippen LogP contribution in [0.1, 0.15) is 24.0 Å². The molecule has 2 saturated heterocycles. The van der Waals surface area contributed by atoms with Crippen LogP contribution in [0.3, 0.4) is 0 Å². The van der Waals surface area contributed by atoms with Gasteiger partial charge in [-0.1, -0.05) is 17.8 Å². The molecular formula is C17H21N3O3S. The molecule has 128 valence electrons. The standard InChI is InChI=1S/C17H21N3O3S/c1-11-3-4-13(9-12(11)2)18-16(22)19-7-5-14(6-8-19)20-15(21)10-24-17(20)23/h3-4,9,14H,5-8,10H2,1-2H3,(H,18,22). The number of hydrogen-bond donors (Lipinski definition) is 1. The number of aryl methyl sites for hydroxylation is 2. The minimum Gasteiger partial charge on any atom is -0.324 e. The maximum atomic E-state index is 12.4. The number of likely N-dealkylation sites (tertiary alicyclic amines) is 1. The SMILES string of the molecule is Cc1ccc(NC(=O)N2CCC(N3C(=O)CSC3=O)CC2)cc1C. The molecule has 24 heavy (non-hydrogen) atoms. The van der Waals surface area contributed by atoms with Crippen molar-refractivity contribution < 1.29 is 14.4 Å². The summed E-state index contributed by atoms with van der Waals surface area (Å²) in [5, 5.41) is 2.76. The zero-order valence-electron chi connectivity index (χ0n) is 13.9. The number of rotatable bonds is 2. The molecule has 0 aliphatic carbocycles. The largest absolute Gasteiger partial charge is 0.324 e. The van der Waals surface area contributed by atoms with Crippen molar-refractivity contribution in [2.24, 2.45) is 0 Å². The molecule has 2 fully saturated rings. The van der Waals surface area contributed by atoms with Crippen molar-refractivity contribution in [3.8, 4) is 0 Å². The molecule has 2 heterocycles. The molecule has 0 spiro atoms. The van der Waals surface area contributed by atoms with Gasteiger partial charge in [0, 0.05) is 24.8 Å². The molecule has 7 heteroatoms. The van der Waals surface area contributed by atoms with E-state index in [0.717, 1.165) is 23.0 Å². The highest BCUT2D eigenvalue weighted by atomic mass is 32.2. The second kappa shape index (κ2) is 6.84. The average molecular weight is 347 g/mol. The molecule has 2 aliphatic rings. The quantitative estimate of drug-likeness (QED) is 0.893. The van der Waals surface area contributed by atoms with E-state index in [0.29, 0.717) is 25.9 Å². The van der Waals surface area contributed by atoms with Gasteiger partial charge in [-0.15, -0.1) is 0 Å². The molecule has 4 amide bonds. The average Bonchev–Trinajstić information content (AvgIpc) is 2.90. The van der Waals surface area contributed by atoms with Crippen molar-refractivity contribution in [1.29, 1.82) is 0 Å². The van der Waals surface area contributed by atoms with E-state index in [1.165, 1.54) is 10.5 Å². The molecule has 0 bridgehead atoms. The maximum absolute atomic E-state index is 12.4. The summed E-state index contributed by atoms with van der Waals surface area (Å²) in [7, 11) is 0. The summed E-state index contributed by atoms with van der Waals surface area (Å²) in [6.45, 7) is 5.13. The number of anilines is 1. The molecule has 6 nitrogen and oxygen atoms in total. The number of piperidine rings is 1.